The van der Waals surface area contributed by atoms with Gasteiger partial charge in [0.05, 0.1) is 5.69 Å². The molecule has 0 radical (unpaired) electrons. The molecule has 0 N–H and O–H groups in total. The van der Waals surface area contributed by atoms with Crippen LogP contribution < -0.4 is 5.12 Å². The Kier molecular flexibility index (Phi) is 2.71. The molecule has 1 aliphatic rings. The molecule has 5 nitrogen and oxygen atoms in total. The van der Waals surface area contributed by atoms with Crippen LogP contribution in [0.25, 0.3) is 5.53 Å². The van der Waals surface area contributed by atoms with Crippen LogP contribution in [-0.4, -0.2) is 11.2 Å². The second-order valence-electron chi connectivity index (χ2n) is 3.47. The average molecular weight is 204 g/mol. The van der Waals surface area contributed by atoms with E-state index in [9.17, 15) is 0 Å². The van der Waals surface area contributed by atoms with Crippen LogP contribution in [0, 0.1) is 0 Å². The predicted molar refractivity (Wildman–Crippen MR) is 58.7 cm³/mol. The van der Waals surface area contributed by atoms with Gasteiger partial charge in [0.2, 0.25) is 0 Å². The Bertz CT molecular complexity index is 337. The maximum absolute atomic E-state index is 3.98. The van der Waals surface area contributed by atoms with Gasteiger partial charge in [-0.2, -0.15) is 0 Å². The van der Waals surface area contributed by atoms with Gasteiger partial charge in [-0.1, -0.05) is 25.1 Å². The lowest BCUT2D eigenvalue weighted by Gasteiger charge is -2.37. The Balaban J connectivity index is 2.17. The first-order chi connectivity index (χ1) is 7.33. The molecule has 0 aromatic heterocycles. The predicted octanol–water partition coefficient (Wildman–Crippen LogP) is 3.09. The number of hydrogen-bond acceptors (Lipinski definition) is 4. The third-order valence-corrected chi connectivity index (χ3v) is 2.42. The number of rotatable bonds is 3. The number of benzene rings is 1. The molecule has 0 bridgehead atoms. The summed E-state index contributed by atoms with van der Waals surface area (Å²) < 4.78 is 0. The lowest BCUT2D eigenvalue weighted by molar-refractivity contribution is 0.218. The summed E-state index contributed by atoms with van der Waals surface area (Å²) in [5.41, 5.74) is 4.95. The molecule has 0 saturated carbocycles. The van der Waals surface area contributed by atoms with Crippen LogP contribution in [-0.2, 0) is 0 Å². The molecule has 2 rings (SSSR count). The van der Waals surface area contributed by atoms with Crippen molar-refractivity contribution in [3.05, 3.63) is 35.9 Å². The van der Waals surface area contributed by atoms with Crippen molar-refractivity contribution in [1.29, 1.82) is 0 Å². The van der Waals surface area contributed by atoms with E-state index >= 15 is 0 Å². The van der Waals surface area contributed by atoms with Crippen LogP contribution in [0.4, 0.5) is 5.69 Å². The van der Waals surface area contributed by atoms with E-state index < -0.39 is 0 Å². The van der Waals surface area contributed by atoms with Crippen molar-refractivity contribution in [2.45, 2.75) is 26.3 Å². The fraction of sp³-hybridized carbons (Fsp3) is 0.400. The number of hydrogen-bond donors (Lipinski definition) is 0. The maximum Gasteiger partial charge on any atom is 0.0631 e. The van der Waals surface area contributed by atoms with E-state index in [1.54, 1.807) is 10.2 Å². The van der Waals surface area contributed by atoms with Gasteiger partial charge in [0.1, 0.15) is 0 Å². The average Bonchev–Trinajstić information content (AvgIpc) is 2.78. The number of hydrazine groups is 1. The molecule has 1 aromatic rings. The normalized spacial score (nSPS) is 16.7. The topological polar surface area (TPSA) is 45.3 Å². The molecule has 0 spiro atoms. The number of anilines is 1. The van der Waals surface area contributed by atoms with Crippen molar-refractivity contribution in [3.63, 3.8) is 0 Å². The first-order valence-electron chi connectivity index (χ1n) is 5.09. The van der Waals surface area contributed by atoms with Gasteiger partial charge in [0.15, 0.2) is 0 Å². The Hall–Kier alpha value is -1.78. The molecule has 1 unspecified atom stereocenters. The second kappa shape index (κ2) is 4.16. The highest BCUT2D eigenvalue weighted by atomic mass is 16.0. The molecular formula is C10H14N5-. The van der Waals surface area contributed by atoms with Crippen LogP contribution in [0.15, 0.2) is 40.8 Å². The minimum atomic E-state index is 0.292. The monoisotopic (exact) mass is 204 g/mol. The second-order valence-corrected chi connectivity index (χ2v) is 3.47. The maximum atomic E-state index is 3.98. The molecule has 0 amide bonds. The van der Waals surface area contributed by atoms with E-state index in [2.05, 4.69) is 29.8 Å². The number of para-hydroxylation sites is 1. The van der Waals surface area contributed by atoms with Gasteiger partial charge in [-0.3, -0.25) is 15.9 Å². The van der Waals surface area contributed by atoms with Crippen LogP contribution >= 0.6 is 0 Å². The zero-order chi connectivity index (χ0) is 10.7. The van der Waals surface area contributed by atoms with Gasteiger partial charge >= 0.3 is 0 Å². The van der Waals surface area contributed by atoms with Gasteiger partial charge in [0, 0.05) is 6.04 Å². The van der Waals surface area contributed by atoms with Crippen LogP contribution in [0.2, 0.25) is 0 Å². The van der Waals surface area contributed by atoms with E-state index in [0.717, 1.165) is 12.1 Å². The Morgan fingerprint density at radius 3 is 2.73 bits per heavy atom. The highest BCUT2D eigenvalue weighted by Crippen LogP contribution is 2.27. The summed E-state index contributed by atoms with van der Waals surface area (Å²) in [6.07, 6.45) is 0.998. The van der Waals surface area contributed by atoms with Gasteiger partial charge < -0.3 is 0 Å². The Morgan fingerprint density at radius 2 is 2.07 bits per heavy atom. The summed E-state index contributed by atoms with van der Waals surface area (Å²) in [7, 11) is 0. The molecule has 5 heteroatoms. The van der Waals surface area contributed by atoms with Gasteiger partial charge in [-0.15, -0.1) is 0 Å². The lowest BCUT2D eigenvalue weighted by Crippen LogP contribution is -2.38. The molecule has 1 atom stereocenters. The quantitative estimate of drug-likeness (QED) is 0.759. The van der Waals surface area contributed by atoms with E-state index in [-0.39, 0.29) is 0 Å². The van der Waals surface area contributed by atoms with Crippen LogP contribution in [0.5, 0.6) is 0 Å². The van der Waals surface area contributed by atoms with Gasteiger partial charge in [-0.05, 0) is 25.5 Å². The van der Waals surface area contributed by atoms with Crippen molar-refractivity contribution in [2.75, 3.05) is 5.12 Å². The highest BCUT2D eigenvalue weighted by molar-refractivity contribution is 5.47. The highest BCUT2D eigenvalue weighted by Gasteiger charge is 2.15. The summed E-state index contributed by atoms with van der Waals surface area (Å²) in [6, 6.07) is 10.2. The third-order valence-electron chi connectivity index (χ3n) is 2.42. The summed E-state index contributed by atoms with van der Waals surface area (Å²) in [6.45, 7) is 4.21. The largest absolute Gasteiger partial charge is 0.273 e. The fourth-order valence-corrected chi connectivity index (χ4v) is 1.35. The molecule has 0 fully saturated rings. The van der Waals surface area contributed by atoms with Crippen molar-refractivity contribution < 1.29 is 0 Å². The standard InChI is InChI=1S/C10H14N5/c1-3-9(2)14-12-11-13-15(14)10-7-5-4-6-8-10/h4-9H,3H2,1-2H3/q-1. The first-order valence-corrected chi connectivity index (χ1v) is 5.09. The van der Waals surface area contributed by atoms with E-state index in [4.69, 9.17) is 0 Å². The summed E-state index contributed by atoms with van der Waals surface area (Å²) in [4.78, 5) is 0. The Morgan fingerprint density at radius 1 is 1.33 bits per heavy atom. The summed E-state index contributed by atoms with van der Waals surface area (Å²) in [5.74, 6) is 0. The SMILES string of the molecule is CCC(C)N1N=N[N-]N1c1ccccc1. The molecule has 0 aliphatic carbocycles. The lowest BCUT2D eigenvalue weighted by atomic mass is 10.3. The van der Waals surface area contributed by atoms with Crippen molar-refractivity contribution >= 4 is 5.69 Å². The van der Waals surface area contributed by atoms with E-state index in [1.807, 2.05) is 30.3 Å². The first kappa shape index (κ1) is 9.76. The van der Waals surface area contributed by atoms with E-state index in [1.165, 1.54) is 0 Å². The molecular weight excluding hydrogens is 190 g/mol. The smallest absolute Gasteiger partial charge is 0.0631 e. The van der Waals surface area contributed by atoms with Gasteiger partial charge in [0.25, 0.3) is 0 Å². The molecule has 1 aromatic carbocycles. The zero-order valence-electron chi connectivity index (χ0n) is 8.91. The molecule has 80 valence electrons. The van der Waals surface area contributed by atoms with Crippen molar-refractivity contribution in [3.8, 4) is 0 Å². The molecule has 1 aliphatic heterocycles. The van der Waals surface area contributed by atoms with Crippen molar-refractivity contribution in [2.24, 2.45) is 10.4 Å². The molecule has 1 heterocycles. The van der Waals surface area contributed by atoms with Crippen LogP contribution in [0.1, 0.15) is 20.3 Å². The minimum Gasteiger partial charge on any atom is -0.273 e. The minimum absolute atomic E-state index is 0.292. The summed E-state index contributed by atoms with van der Waals surface area (Å²) >= 11 is 0. The third kappa shape index (κ3) is 1.86. The van der Waals surface area contributed by atoms with Gasteiger partial charge in [-0.25, -0.2) is 10.3 Å². The zero-order valence-corrected chi connectivity index (χ0v) is 8.91. The summed E-state index contributed by atoms with van der Waals surface area (Å²) in [5, 5.41) is 11.2. The molecule has 15 heavy (non-hydrogen) atoms. The number of nitrogens with zero attached hydrogens (tertiary/aromatic N) is 5. The van der Waals surface area contributed by atoms with E-state index in [0.29, 0.717) is 6.04 Å². The van der Waals surface area contributed by atoms with Crippen molar-refractivity contribution in [1.82, 2.24) is 5.12 Å². The fourth-order valence-electron chi connectivity index (χ4n) is 1.35. The van der Waals surface area contributed by atoms with Crippen LogP contribution in [0.3, 0.4) is 0 Å². The molecule has 0 saturated heterocycles. The Labute approximate surface area is 89.3 Å².